The average molecular weight is 283 g/mol. The molecule has 18 heavy (non-hydrogen) atoms. The van der Waals surface area contributed by atoms with Crippen LogP contribution in [0.2, 0.25) is 5.02 Å². The summed E-state index contributed by atoms with van der Waals surface area (Å²) in [5, 5.41) is 11.0. The van der Waals surface area contributed by atoms with E-state index in [1.807, 2.05) is 19.9 Å². The molecule has 1 atom stereocenters. The van der Waals surface area contributed by atoms with Crippen LogP contribution in [0.25, 0.3) is 0 Å². The first-order valence-corrected chi connectivity index (χ1v) is 6.80. The van der Waals surface area contributed by atoms with Crippen molar-refractivity contribution < 1.29 is 9.84 Å². The van der Waals surface area contributed by atoms with E-state index < -0.39 is 6.10 Å². The van der Waals surface area contributed by atoms with Crippen LogP contribution in [0.5, 0.6) is 5.75 Å². The summed E-state index contributed by atoms with van der Waals surface area (Å²) in [4.78, 5) is 2.12. The third-order valence-electron chi connectivity index (χ3n) is 2.94. The van der Waals surface area contributed by atoms with Gasteiger partial charge in [0.25, 0.3) is 0 Å². The highest BCUT2D eigenvalue weighted by Gasteiger charge is 2.18. The largest absolute Gasteiger partial charge is 0.496 e. The summed E-state index contributed by atoms with van der Waals surface area (Å²) >= 11 is 7.57. The van der Waals surface area contributed by atoms with Crippen LogP contribution < -0.4 is 4.74 Å². The number of benzene rings is 1. The van der Waals surface area contributed by atoms with Gasteiger partial charge in [0.2, 0.25) is 0 Å². The third-order valence-corrected chi connectivity index (χ3v) is 4.38. The quantitative estimate of drug-likeness (QED) is 0.918. The van der Waals surface area contributed by atoms with E-state index >= 15 is 0 Å². The summed E-state index contributed by atoms with van der Waals surface area (Å²) in [5.74, 6) is 0.649. The first-order chi connectivity index (χ1) is 8.52. The van der Waals surface area contributed by atoms with Crippen molar-refractivity contribution in [2.75, 3.05) is 7.11 Å². The molecule has 0 amide bonds. The number of hydrogen-bond donors (Lipinski definition) is 1. The maximum atomic E-state index is 10.4. The summed E-state index contributed by atoms with van der Waals surface area (Å²) in [6, 6.07) is 7.27. The number of aliphatic hydroxyl groups is 1. The van der Waals surface area contributed by atoms with E-state index in [-0.39, 0.29) is 0 Å². The van der Waals surface area contributed by atoms with Gasteiger partial charge in [-0.3, -0.25) is 0 Å². The Hall–Kier alpha value is -1.03. The van der Waals surface area contributed by atoms with Crippen molar-refractivity contribution in [2.24, 2.45) is 0 Å². The molecular formula is C14H15ClO2S. The minimum Gasteiger partial charge on any atom is -0.496 e. The Kier molecular flexibility index (Phi) is 3.95. The van der Waals surface area contributed by atoms with Crippen LogP contribution in [0.4, 0.5) is 0 Å². The van der Waals surface area contributed by atoms with Gasteiger partial charge in [-0.25, -0.2) is 0 Å². The fraction of sp³-hybridized carbons (Fsp3) is 0.286. The average Bonchev–Trinajstić information content (AvgIpc) is 2.68. The molecule has 0 saturated heterocycles. The van der Waals surface area contributed by atoms with Gasteiger partial charge in [-0.2, -0.15) is 0 Å². The monoisotopic (exact) mass is 282 g/mol. The Morgan fingerprint density at radius 1 is 1.28 bits per heavy atom. The van der Waals surface area contributed by atoms with E-state index in [0.29, 0.717) is 16.3 Å². The van der Waals surface area contributed by atoms with Gasteiger partial charge in [-0.1, -0.05) is 11.6 Å². The normalized spacial score (nSPS) is 12.5. The Bertz CT molecular complexity index is 543. The molecule has 0 fully saturated rings. The fourth-order valence-corrected chi connectivity index (χ4v) is 3.04. The van der Waals surface area contributed by atoms with Gasteiger partial charge in [0.05, 0.1) is 7.11 Å². The highest BCUT2D eigenvalue weighted by Crippen LogP contribution is 2.36. The molecule has 2 aromatic rings. The smallest absolute Gasteiger partial charge is 0.125 e. The third kappa shape index (κ3) is 2.53. The number of hydrogen-bond acceptors (Lipinski definition) is 3. The Balaban J connectivity index is 2.44. The molecule has 0 bridgehead atoms. The second-order valence-electron chi connectivity index (χ2n) is 4.18. The van der Waals surface area contributed by atoms with Gasteiger partial charge in [-0.05, 0) is 43.7 Å². The number of rotatable bonds is 3. The number of methoxy groups -OCH3 is 1. The van der Waals surface area contributed by atoms with Crippen molar-refractivity contribution in [3.63, 3.8) is 0 Å². The summed E-state index contributed by atoms with van der Waals surface area (Å²) < 4.78 is 5.27. The molecule has 96 valence electrons. The maximum absolute atomic E-state index is 10.4. The van der Waals surface area contributed by atoms with Crippen molar-refractivity contribution in [3.05, 3.63) is 50.2 Å². The topological polar surface area (TPSA) is 29.5 Å². The predicted octanol–water partition coefficient (Wildman–Crippen LogP) is 4.11. The van der Waals surface area contributed by atoms with E-state index in [1.165, 1.54) is 10.4 Å². The van der Waals surface area contributed by atoms with Crippen molar-refractivity contribution in [1.82, 2.24) is 0 Å². The lowest BCUT2D eigenvalue weighted by Gasteiger charge is -2.13. The summed E-state index contributed by atoms with van der Waals surface area (Å²) in [6.45, 7) is 4.09. The minimum atomic E-state index is -0.698. The van der Waals surface area contributed by atoms with Gasteiger partial charge >= 0.3 is 0 Å². The van der Waals surface area contributed by atoms with E-state index in [9.17, 15) is 5.11 Å². The van der Waals surface area contributed by atoms with Crippen LogP contribution >= 0.6 is 22.9 Å². The number of thiophene rings is 1. The lowest BCUT2D eigenvalue weighted by molar-refractivity contribution is 0.218. The van der Waals surface area contributed by atoms with E-state index in [1.54, 1.807) is 36.6 Å². The molecule has 2 nitrogen and oxygen atoms in total. The summed E-state index contributed by atoms with van der Waals surface area (Å²) in [6.07, 6.45) is -0.698. The fourth-order valence-electron chi connectivity index (χ4n) is 1.81. The molecule has 1 aromatic carbocycles. The predicted molar refractivity (Wildman–Crippen MR) is 75.9 cm³/mol. The summed E-state index contributed by atoms with van der Waals surface area (Å²) in [7, 11) is 1.59. The Morgan fingerprint density at radius 3 is 2.56 bits per heavy atom. The molecule has 4 heteroatoms. The maximum Gasteiger partial charge on any atom is 0.125 e. The van der Waals surface area contributed by atoms with Gasteiger partial charge in [-0.15, -0.1) is 11.3 Å². The number of ether oxygens (including phenoxy) is 1. The van der Waals surface area contributed by atoms with Gasteiger partial charge in [0.15, 0.2) is 0 Å². The molecule has 1 N–H and O–H groups in total. The number of aryl methyl sites for hydroxylation is 2. The molecule has 0 radical (unpaired) electrons. The van der Waals surface area contributed by atoms with Gasteiger partial charge < -0.3 is 9.84 Å². The molecule has 2 rings (SSSR count). The highest BCUT2D eigenvalue weighted by molar-refractivity contribution is 7.12. The van der Waals surface area contributed by atoms with E-state index in [0.717, 1.165) is 4.88 Å². The lowest BCUT2D eigenvalue weighted by Crippen LogP contribution is -2.00. The van der Waals surface area contributed by atoms with Crippen molar-refractivity contribution in [1.29, 1.82) is 0 Å². The molecule has 1 heterocycles. The second kappa shape index (κ2) is 5.31. The van der Waals surface area contributed by atoms with Crippen LogP contribution in [0.1, 0.15) is 27.0 Å². The summed E-state index contributed by atoms with van der Waals surface area (Å²) in [5.41, 5.74) is 1.89. The van der Waals surface area contributed by atoms with E-state index in [4.69, 9.17) is 16.3 Å². The molecule has 0 spiro atoms. The Labute approximate surface area is 116 Å². The molecule has 0 aliphatic rings. The van der Waals surface area contributed by atoms with E-state index in [2.05, 4.69) is 0 Å². The van der Waals surface area contributed by atoms with Crippen LogP contribution in [-0.4, -0.2) is 12.2 Å². The van der Waals surface area contributed by atoms with Crippen molar-refractivity contribution >= 4 is 22.9 Å². The van der Waals surface area contributed by atoms with Gasteiger partial charge in [0, 0.05) is 20.3 Å². The molecule has 0 aliphatic heterocycles. The van der Waals surface area contributed by atoms with Crippen LogP contribution in [0.15, 0.2) is 24.3 Å². The number of aliphatic hydroxyl groups excluding tert-OH is 1. The lowest BCUT2D eigenvalue weighted by atomic mass is 10.1. The van der Waals surface area contributed by atoms with Crippen LogP contribution in [0, 0.1) is 13.8 Å². The number of halogens is 1. The zero-order valence-electron chi connectivity index (χ0n) is 10.5. The first-order valence-electron chi connectivity index (χ1n) is 5.61. The first kappa shape index (κ1) is 13.4. The van der Waals surface area contributed by atoms with Crippen LogP contribution in [-0.2, 0) is 0 Å². The second-order valence-corrected chi connectivity index (χ2v) is 5.90. The Morgan fingerprint density at radius 2 is 2.00 bits per heavy atom. The molecule has 0 aliphatic carbocycles. The zero-order chi connectivity index (χ0) is 13.3. The highest BCUT2D eigenvalue weighted by atomic mass is 35.5. The molecule has 1 aromatic heterocycles. The molecule has 1 unspecified atom stereocenters. The minimum absolute atomic E-state index is 0.592. The van der Waals surface area contributed by atoms with Crippen molar-refractivity contribution in [2.45, 2.75) is 20.0 Å². The van der Waals surface area contributed by atoms with Crippen LogP contribution in [0.3, 0.4) is 0 Å². The van der Waals surface area contributed by atoms with Gasteiger partial charge in [0.1, 0.15) is 11.9 Å². The molecular weight excluding hydrogens is 268 g/mol. The standard InChI is InChI=1S/C14H15ClO2S/c1-8-6-13(18-9(8)2)14(16)11-7-10(15)4-5-12(11)17-3/h4-7,14,16H,1-3H3. The SMILES string of the molecule is COc1ccc(Cl)cc1C(O)c1cc(C)c(C)s1. The van der Waals surface area contributed by atoms with Crippen molar-refractivity contribution in [3.8, 4) is 5.75 Å². The zero-order valence-corrected chi connectivity index (χ0v) is 12.1. The molecule has 0 saturated carbocycles.